The van der Waals surface area contributed by atoms with Crippen LogP contribution < -0.4 is 9.47 Å². The van der Waals surface area contributed by atoms with E-state index in [0.717, 1.165) is 10.8 Å². The van der Waals surface area contributed by atoms with Gasteiger partial charge in [-0.3, -0.25) is 5.21 Å². The van der Waals surface area contributed by atoms with Crippen LogP contribution in [0.2, 0.25) is 0 Å². The molecule has 5 heteroatoms. The Kier molecular flexibility index (Phi) is 3.03. The Morgan fingerprint density at radius 3 is 2.87 bits per heavy atom. The van der Waals surface area contributed by atoms with Crippen LogP contribution in [0.15, 0.2) is 35.9 Å². The molecule has 1 aliphatic rings. The van der Waals surface area contributed by atoms with Gasteiger partial charge in [0.1, 0.15) is 11.5 Å². The number of nitrogens with zero attached hydrogens (tertiary/aromatic N) is 1. The van der Waals surface area contributed by atoms with Gasteiger partial charge in [0.05, 0.1) is 7.11 Å². The summed E-state index contributed by atoms with van der Waals surface area (Å²) in [6, 6.07) is 7.26. The molecule has 0 fully saturated rings. The monoisotopic (exact) mass is 225 g/mol. The van der Waals surface area contributed by atoms with Crippen LogP contribution in [0.3, 0.4) is 0 Å². The molecule has 1 aliphatic heterocycles. The third-order valence-corrected chi connectivity index (χ3v) is 2.73. The van der Waals surface area contributed by atoms with Gasteiger partial charge in [0, 0.05) is 12.3 Å². The van der Waals surface area contributed by atoms with E-state index in [2.05, 4.69) is 0 Å². The van der Waals surface area contributed by atoms with E-state index in [9.17, 15) is 5.21 Å². The summed E-state index contributed by atoms with van der Waals surface area (Å²) in [4.78, 5) is 0. The lowest BCUT2D eigenvalue weighted by Crippen LogP contribution is -2.26. The second-order valence-electron chi connectivity index (χ2n) is 2.91. The summed E-state index contributed by atoms with van der Waals surface area (Å²) < 4.78 is 10.6. The molecule has 1 unspecified atom stereocenters. The molecule has 4 nitrogen and oxygen atoms in total. The summed E-state index contributed by atoms with van der Waals surface area (Å²) in [6.07, 6.45) is 1.55. The molecule has 1 aromatic rings. The topological polar surface area (TPSA) is 41.9 Å². The zero-order chi connectivity index (χ0) is 10.7. The zero-order valence-corrected chi connectivity index (χ0v) is 8.98. The van der Waals surface area contributed by atoms with Crippen molar-refractivity contribution in [3.05, 3.63) is 35.9 Å². The van der Waals surface area contributed by atoms with Crippen molar-refractivity contribution in [2.24, 2.45) is 0 Å². The van der Waals surface area contributed by atoms with E-state index in [0.29, 0.717) is 5.75 Å². The first-order valence-corrected chi connectivity index (χ1v) is 5.34. The molecule has 15 heavy (non-hydrogen) atoms. The van der Waals surface area contributed by atoms with Gasteiger partial charge < -0.3 is 9.47 Å². The van der Waals surface area contributed by atoms with Crippen molar-refractivity contribution in [3.63, 3.8) is 0 Å². The van der Waals surface area contributed by atoms with Gasteiger partial charge >= 0.3 is 0 Å². The van der Waals surface area contributed by atoms with E-state index < -0.39 is 5.56 Å². The minimum absolute atomic E-state index is 0.419. The van der Waals surface area contributed by atoms with Crippen LogP contribution in [0.5, 0.6) is 11.5 Å². The molecular weight excluding hydrogens is 214 g/mol. The predicted octanol–water partition coefficient (Wildman–Crippen LogP) is 2.27. The van der Waals surface area contributed by atoms with Gasteiger partial charge in [-0.25, -0.2) is 5.06 Å². The lowest BCUT2D eigenvalue weighted by molar-refractivity contribution is -0.104. The maximum atomic E-state index is 9.35. The number of hydrogen-bond donors (Lipinski definition) is 1. The van der Waals surface area contributed by atoms with Gasteiger partial charge in [0.25, 0.3) is 0 Å². The van der Waals surface area contributed by atoms with E-state index in [1.807, 2.05) is 18.2 Å². The van der Waals surface area contributed by atoms with Crippen molar-refractivity contribution in [1.29, 1.82) is 0 Å². The Morgan fingerprint density at radius 1 is 1.40 bits per heavy atom. The van der Waals surface area contributed by atoms with Crippen molar-refractivity contribution in [3.8, 4) is 11.5 Å². The molecule has 0 aromatic heterocycles. The first-order valence-electron chi connectivity index (χ1n) is 4.39. The fourth-order valence-electron chi connectivity index (χ4n) is 1.17. The quantitative estimate of drug-likeness (QED) is 0.854. The van der Waals surface area contributed by atoms with Gasteiger partial charge in [-0.2, -0.15) is 0 Å². The molecule has 1 N–H and O–H groups in total. The summed E-state index contributed by atoms with van der Waals surface area (Å²) in [7, 11) is 1.60. The number of ether oxygens (including phenoxy) is 2. The van der Waals surface area contributed by atoms with Crippen LogP contribution >= 0.6 is 11.8 Å². The Balaban J connectivity index is 2.04. The molecule has 1 heterocycles. The van der Waals surface area contributed by atoms with Crippen LogP contribution in [0, 0.1) is 0 Å². The van der Waals surface area contributed by atoms with Gasteiger partial charge in [-0.1, -0.05) is 17.8 Å². The van der Waals surface area contributed by atoms with Crippen LogP contribution in [-0.2, 0) is 0 Å². The average molecular weight is 225 g/mol. The van der Waals surface area contributed by atoms with E-state index >= 15 is 0 Å². The van der Waals surface area contributed by atoms with Crippen molar-refractivity contribution >= 4 is 11.8 Å². The first kappa shape index (κ1) is 10.2. The summed E-state index contributed by atoms with van der Waals surface area (Å²) >= 11 is 1.39. The molecule has 0 amide bonds. The van der Waals surface area contributed by atoms with E-state index in [1.54, 1.807) is 24.8 Å². The fraction of sp³-hybridized carbons (Fsp3) is 0.200. The first-order chi connectivity index (χ1) is 7.29. The van der Waals surface area contributed by atoms with Crippen LogP contribution in [-0.4, -0.2) is 22.9 Å². The summed E-state index contributed by atoms with van der Waals surface area (Å²) in [5, 5.41) is 12.1. The highest BCUT2D eigenvalue weighted by Crippen LogP contribution is 2.28. The summed E-state index contributed by atoms with van der Waals surface area (Å²) in [5.41, 5.74) is -0.419. The highest BCUT2D eigenvalue weighted by Gasteiger charge is 2.19. The zero-order valence-electron chi connectivity index (χ0n) is 8.16. The Labute approximate surface area is 92.1 Å². The highest BCUT2D eigenvalue weighted by atomic mass is 32.2. The number of benzene rings is 1. The van der Waals surface area contributed by atoms with Crippen LogP contribution in [0.1, 0.15) is 0 Å². The molecular formula is C10H11NO3S. The lowest BCUT2D eigenvalue weighted by Gasteiger charge is -2.19. The molecule has 0 bridgehead atoms. The summed E-state index contributed by atoms with van der Waals surface area (Å²) in [6.45, 7) is 0. The molecule has 1 aromatic carbocycles. The third kappa shape index (κ3) is 2.37. The summed E-state index contributed by atoms with van der Waals surface area (Å²) in [5.74, 6) is 1.39. The van der Waals surface area contributed by atoms with Crippen LogP contribution in [0.25, 0.3) is 0 Å². The molecule has 2 rings (SSSR count). The maximum Gasteiger partial charge on any atom is 0.246 e. The number of hydroxylamine groups is 2. The minimum atomic E-state index is -0.419. The van der Waals surface area contributed by atoms with Crippen molar-refractivity contribution in [2.45, 2.75) is 5.56 Å². The van der Waals surface area contributed by atoms with Gasteiger partial charge in [0.15, 0.2) is 0 Å². The molecule has 1 atom stereocenters. The smallest absolute Gasteiger partial charge is 0.246 e. The van der Waals surface area contributed by atoms with E-state index in [-0.39, 0.29) is 0 Å². The predicted molar refractivity (Wildman–Crippen MR) is 57.8 cm³/mol. The normalized spacial score (nSPS) is 19.3. The van der Waals surface area contributed by atoms with Gasteiger partial charge in [0.2, 0.25) is 5.56 Å². The van der Waals surface area contributed by atoms with Gasteiger partial charge in [-0.15, -0.1) is 0 Å². The highest BCUT2D eigenvalue weighted by molar-refractivity contribution is 8.02. The molecule has 80 valence electrons. The molecule has 0 radical (unpaired) electrons. The van der Waals surface area contributed by atoms with Crippen molar-refractivity contribution < 1.29 is 14.7 Å². The van der Waals surface area contributed by atoms with Crippen LogP contribution in [0.4, 0.5) is 0 Å². The molecule has 0 aliphatic carbocycles. The van der Waals surface area contributed by atoms with Gasteiger partial charge in [-0.05, 0) is 17.5 Å². The van der Waals surface area contributed by atoms with E-state index in [4.69, 9.17) is 9.47 Å². The Hall–Kier alpha value is -1.33. The standard InChI is InChI=1S/C10H11NO3S/c1-13-8-3-2-4-9(7-8)14-10-11(12)5-6-15-10/h2-7,10,12H,1H3. The lowest BCUT2D eigenvalue weighted by atomic mass is 10.3. The average Bonchev–Trinajstić information content (AvgIpc) is 2.65. The second kappa shape index (κ2) is 4.46. The second-order valence-corrected chi connectivity index (χ2v) is 3.85. The minimum Gasteiger partial charge on any atom is -0.497 e. The molecule has 0 saturated carbocycles. The molecule has 0 saturated heterocycles. The number of methoxy groups -OCH3 is 1. The Bertz CT molecular complexity index is 369. The Morgan fingerprint density at radius 2 is 2.20 bits per heavy atom. The number of rotatable bonds is 3. The fourth-order valence-corrected chi connectivity index (χ4v) is 1.86. The SMILES string of the molecule is COc1cccc(OC2SC=CN2O)c1. The van der Waals surface area contributed by atoms with E-state index in [1.165, 1.54) is 11.8 Å². The number of hydrogen-bond acceptors (Lipinski definition) is 5. The maximum absolute atomic E-state index is 9.35. The third-order valence-electron chi connectivity index (χ3n) is 1.90. The number of thioether (sulfide) groups is 1. The van der Waals surface area contributed by atoms with Crippen molar-refractivity contribution in [1.82, 2.24) is 5.06 Å². The molecule has 0 spiro atoms. The largest absolute Gasteiger partial charge is 0.497 e. The van der Waals surface area contributed by atoms with Crippen molar-refractivity contribution in [2.75, 3.05) is 7.11 Å².